The molecule has 1 saturated heterocycles. The van der Waals surface area contributed by atoms with Gasteiger partial charge in [0.15, 0.2) is 5.01 Å². The van der Waals surface area contributed by atoms with Crippen LogP contribution in [-0.2, 0) is 34.3 Å². The van der Waals surface area contributed by atoms with Crippen LogP contribution in [0.3, 0.4) is 0 Å². The second kappa shape index (κ2) is 10.1. The van der Waals surface area contributed by atoms with Crippen molar-refractivity contribution >= 4 is 60.3 Å². The highest BCUT2D eigenvalue weighted by Gasteiger charge is 2.38. The molecule has 37 heavy (non-hydrogen) atoms. The average Bonchev–Trinajstić information content (AvgIpc) is 3.66. The number of hydrogen-bond donors (Lipinski definition) is 0. The largest absolute Gasteiger partial charge is 0.375 e. The molecule has 0 spiro atoms. The smallest absolute Gasteiger partial charge is 0.283 e. The van der Waals surface area contributed by atoms with Gasteiger partial charge in [-0.05, 0) is 30.0 Å². The summed E-state index contributed by atoms with van der Waals surface area (Å²) >= 11 is 8.70. The molecule has 1 aromatic carbocycles. The lowest BCUT2D eigenvalue weighted by Crippen LogP contribution is -2.56. The Morgan fingerprint density at radius 2 is 2.11 bits per heavy atom. The molecule has 1 fully saturated rings. The summed E-state index contributed by atoms with van der Waals surface area (Å²) in [5.74, 6) is -0.149. The maximum Gasteiger partial charge on any atom is 0.283 e. The van der Waals surface area contributed by atoms with Gasteiger partial charge in [-0.25, -0.2) is 18.4 Å². The Labute approximate surface area is 227 Å². The predicted molar refractivity (Wildman–Crippen MR) is 143 cm³/mol. The van der Waals surface area contributed by atoms with Crippen LogP contribution < -0.4 is 0 Å². The summed E-state index contributed by atoms with van der Waals surface area (Å²) in [5.41, 5.74) is 0.931. The number of sulfonamides is 1. The van der Waals surface area contributed by atoms with E-state index >= 15 is 0 Å². The summed E-state index contributed by atoms with van der Waals surface area (Å²) in [4.78, 5) is 25.1. The minimum atomic E-state index is -3.74. The Bertz CT molecular complexity index is 1530. The summed E-state index contributed by atoms with van der Waals surface area (Å²) < 4.78 is 37.4. The Balaban J connectivity index is 1.26. The zero-order chi connectivity index (χ0) is 25.6. The molecule has 0 aliphatic carbocycles. The number of thiophene rings is 1. The number of imidazole rings is 1. The molecule has 2 aliphatic rings. The number of halogens is 1. The van der Waals surface area contributed by atoms with E-state index in [2.05, 4.69) is 9.97 Å². The third-order valence-corrected chi connectivity index (χ3v) is 11.4. The van der Waals surface area contributed by atoms with Gasteiger partial charge in [0.05, 0.1) is 30.1 Å². The van der Waals surface area contributed by atoms with Crippen LogP contribution in [0, 0.1) is 0 Å². The van der Waals surface area contributed by atoms with E-state index in [1.54, 1.807) is 35.6 Å². The number of ether oxygens (including phenoxy) is 1. The first kappa shape index (κ1) is 25.0. The summed E-state index contributed by atoms with van der Waals surface area (Å²) in [7, 11) is -3.74. The SMILES string of the molecule is O=C(c1nc2c(s1)COCC2)N1CCN(S(=O)(=O)c2cc3ccc(Cl)cc3s2)CC1CCn1ccnc1. The minimum Gasteiger partial charge on any atom is -0.375 e. The molecule has 1 atom stereocenters. The second-order valence-corrected chi connectivity index (χ2v) is 13.8. The van der Waals surface area contributed by atoms with E-state index < -0.39 is 10.0 Å². The molecule has 9 nitrogen and oxygen atoms in total. The van der Waals surface area contributed by atoms with Crippen molar-refractivity contribution < 1.29 is 17.9 Å². The summed E-state index contributed by atoms with van der Waals surface area (Å²) in [6, 6.07) is 6.76. The van der Waals surface area contributed by atoms with Gasteiger partial charge in [-0.15, -0.1) is 22.7 Å². The third kappa shape index (κ3) is 4.93. The van der Waals surface area contributed by atoms with Crippen LogP contribution >= 0.6 is 34.3 Å². The zero-order valence-corrected chi connectivity index (χ0v) is 23.0. The van der Waals surface area contributed by atoms with E-state index in [1.165, 1.54) is 27.0 Å². The number of carbonyl (C=O) groups is 1. The lowest BCUT2D eigenvalue weighted by molar-refractivity contribution is 0.0543. The third-order valence-electron chi connectivity index (χ3n) is 6.72. The number of amides is 1. The average molecular weight is 578 g/mol. The molecule has 1 unspecified atom stereocenters. The molecule has 0 saturated carbocycles. The molecular weight excluding hydrogens is 554 g/mol. The highest BCUT2D eigenvalue weighted by atomic mass is 35.5. The van der Waals surface area contributed by atoms with Crippen LogP contribution in [0.4, 0.5) is 0 Å². The van der Waals surface area contributed by atoms with Crippen LogP contribution in [0.5, 0.6) is 0 Å². The number of hydrogen-bond acceptors (Lipinski definition) is 8. The van der Waals surface area contributed by atoms with Gasteiger partial charge in [-0.2, -0.15) is 4.31 Å². The lowest BCUT2D eigenvalue weighted by atomic mass is 10.1. The summed E-state index contributed by atoms with van der Waals surface area (Å²) in [6.07, 6.45) is 6.58. The fourth-order valence-corrected chi connectivity index (χ4v) is 9.05. The van der Waals surface area contributed by atoms with Crippen LogP contribution in [0.25, 0.3) is 10.1 Å². The highest BCUT2D eigenvalue weighted by molar-refractivity contribution is 7.91. The molecule has 6 rings (SSSR count). The molecule has 1 amide bonds. The Morgan fingerprint density at radius 1 is 1.22 bits per heavy atom. The highest BCUT2D eigenvalue weighted by Crippen LogP contribution is 2.34. The van der Waals surface area contributed by atoms with Crippen molar-refractivity contribution in [3.8, 4) is 0 Å². The molecule has 4 aromatic rings. The number of rotatable bonds is 6. The van der Waals surface area contributed by atoms with Crippen molar-refractivity contribution in [3.05, 3.63) is 63.6 Å². The zero-order valence-electron chi connectivity index (χ0n) is 19.7. The van der Waals surface area contributed by atoms with Gasteiger partial charge in [0.2, 0.25) is 0 Å². The summed E-state index contributed by atoms with van der Waals surface area (Å²) in [6.45, 7) is 2.44. The number of benzene rings is 1. The number of aromatic nitrogens is 3. The minimum absolute atomic E-state index is 0.149. The molecule has 0 radical (unpaired) electrons. The van der Waals surface area contributed by atoms with Crippen molar-refractivity contribution in [1.82, 2.24) is 23.7 Å². The van der Waals surface area contributed by atoms with E-state index in [0.29, 0.717) is 49.2 Å². The van der Waals surface area contributed by atoms with Gasteiger partial charge in [-0.3, -0.25) is 4.79 Å². The fraction of sp³-hybridized carbons (Fsp3) is 0.375. The molecule has 0 bridgehead atoms. The van der Waals surface area contributed by atoms with Crippen LogP contribution in [0.15, 0.2) is 47.2 Å². The molecule has 5 heterocycles. The predicted octanol–water partition coefficient (Wildman–Crippen LogP) is 3.89. The van der Waals surface area contributed by atoms with Gasteiger partial charge in [0.1, 0.15) is 4.21 Å². The van der Waals surface area contributed by atoms with Crippen molar-refractivity contribution in [3.63, 3.8) is 0 Å². The monoisotopic (exact) mass is 577 g/mol. The van der Waals surface area contributed by atoms with E-state index in [-0.39, 0.29) is 29.2 Å². The standard InChI is InChI=1S/C24H24ClN5O4S3/c25-17-2-1-16-11-22(35-20(16)12-17)37(32,33)29-8-9-30(18(13-29)3-6-28-7-5-26-15-28)24(31)23-27-19-4-10-34-14-21(19)36-23/h1-2,5,7,11-12,15,18H,3-4,6,8-10,13-14H2. The summed E-state index contributed by atoms with van der Waals surface area (Å²) in [5, 5.41) is 1.86. The van der Waals surface area contributed by atoms with Gasteiger partial charge in [0.25, 0.3) is 15.9 Å². The van der Waals surface area contributed by atoms with Crippen LogP contribution in [-0.4, -0.2) is 70.3 Å². The number of fused-ring (bicyclic) bond motifs is 2. The Morgan fingerprint density at radius 3 is 2.92 bits per heavy atom. The molecule has 194 valence electrons. The van der Waals surface area contributed by atoms with Crippen molar-refractivity contribution in [2.24, 2.45) is 0 Å². The van der Waals surface area contributed by atoms with Gasteiger partial charge < -0.3 is 14.2 Å². The van der Waals surface area contributed by atoms with Gasteiger partial charge in [0, 0.05) is 60.8 Å². The number of aryl methyl sites for hydroxylation is 1. The number of piperazine rings is 1. The van der Waals surface area contributed by atoms with Crippen molar-refractivity contribution in [1.29, 1.82) is 0 Å². The number of thiazole rings is 1. The normalized spacial score (nSPS) is 18.8. The van der Waals surface area contributed by atoms with Gasteiger partial charge >= 0.3 is 0 Å². The van der Waals surface area contributed by atoms with Crippen molar-refractivity contribution in [2.75, 3.05) is 26.2 Å². The van der Waals surface area contributed by atoms with E-state index in [9.17, 15) is 13.2 Å². The molecule has 0 N–H and O–H groups in total. The fourth-order valence-electron chi connectivity index (χ4n) is 4.75. The Hall–Kier alpha value is -2.35. The van der Waals surface area contributed by atoms with Crippen LogP contribution in [0.1, 0.15) is 26.8 Å². The van der Waals surface area contributed by atoms with Crippen molar-refractivity contribution in [2.45, 2.75) is 36.2 Å². The van der Waals surface area contributed by atoms with Gasteiger partial charge in [-0.1, -0.05) is 17.7 Å². The lowest BCUT2D eigenvalue weighted by Gasteiger charge is -2.40. The maximum atomic E-state index is 13.7. The first-order valence-corrected chi connectivity index (χ1v) is 15.4. The Kier molecular flexibility index (Phi) is 6.80. The first-order valence-electron chi connectivity index (χ1n) is 11.9. The quantitative estimate of drug-likeness (QED) is 0.345. The van der Waals surface area contributed by atoms with E-state index in [0.717, 1.165) is 20.7 Å². The molecular formula is C24H24ClN5O4S3. The van der Waals surface area contributed by atoms with Crippen LogP contribution in [0.2, 0.25) is 5.02 Å². The van der Waals surface area contributed by atoms with E-state index in [1.807, 2.05) is 16.8 Å². The molecule has 13 heteroatoms. The number of nitrogens with zero attached hydrogens (tertiary/aromatic N) is 5. The molecule has 2 aliphatic heterocycles. The number of carbonyl (C=O) groups excluding carboxylic acids is 1. The van der Waals surface area contributed by atoms with E-state index in [4.69, 9.17) is 16.3 Å². The molecule has 3 aromatic heterocycles. The first-order chi connectivity index (χ1) is 17.9. The topological polar surface area (TPSA) is 97.6 Å². The second-order valence-electron chi connectivity index (χ2n) is 9.04. The maximum absolute atomic E-state index is 13.7.